The van der Waals surface area contributed by atoms with Gasteiger partial charge in [0.2, 0.25) is 0 Å². The number of nitrogens with zero attached hydrogens (tertiary/aromatic N) is 2. The highest BCUT2D eigenvalue weighted by atomic mass is 16.5. The van der Waals surface area contributed by atoms with Crippen molar-refractivity contribution < 1.29 is 9.63 Å². The van der Waals surface area contributed by atoms with E-state index in [0.29, 0.717) is 5.92 Å². The summed E-state index contributed by atoms with van der Waals surface area (Å²) in [6.45, 7) is 6.60. The van der Waals surface area contributed by atoms with E-state index in [1.807, 2.05) is 19.9 Å². The maximum atomic E-state index is 9.48. The molecule has 1 N–H and O–H groups in total. The average Bonchev–Trinajstić information content (AvgIpc) is 2.76. The monoisotopic (exact) mass is 210 g/mol. The zero-order valence-corrected chi connectivity index (χ0v) is 9.31. The summed E-state index contributed by atoms with van der Waals surface area (Å²) in [5.74, 6) is 1.33. The predicted octanol–water partition coefficient (Wildman–Crippen LogP) is 1.19. The van der Waals surface area contributed by atoms with Gasteiger partial charge in [-0.05, 0) is 32.7 Å². The Kier molecular flexibility index (Phi) is 3.07. The van der Waals surface area contributed by atoms with Crippen molar-refractivity contribution in [1.29, 1.82) is 0 Å². The first-order chi connectivity index (χ1) is 7.15. The zero-order valence-electron chi connectivity index (χ0n) is 9.31. The molecule has 1 aromatic heterocycles. The van der Waals surface area contributed by atoms with Gasteiger partial charge in [-0.2, -0.15) is 0 Å². The molecule has 0 bridgehead atoms. The second kappa shape index (κ2) is 4.33. The Balaban J connectivity index is 1.87. The van der Waals surface area contributed by atoms with Crippen LogP contribution >= 0.6 is 0 Å². The highest BCUT2D eigenvalue weighted by molar-refractivity contribution is 5.03. The molecular weight excluding hydrogens is 192 g/mol. The fourth-order valence-electron chi connectivity index (χ4n) is 2.11. The smallest absolute Gasteiger partial charge is 0.150 e. The second-order valence-corrected chi connectivity index (χ2v) is 4.46. The Labute approximate surface area is 89.9 Å². The molecule has 4 heteroatoms. The van der Waals surface area contributed by atoms with Gasteiger partial charge in [-0.25, -0.2) is 0 Å². The lowest BCUT2D eigenvalue weighted by molar-refractivity contribution is 0.126. The highest BCUT2D eigenvalue weighted by Crippen LogP contribution is 2.21. The van der Waals surface area contributed by atoms with Gasteiger partial charge in [0.1, 0.15) is 0 Å². The molecule has 2 unspecified atom stereocenters. The van der Waals surface area contributed by atoms with E-state index in [0.717, 1.165) is 37.5 Å². The number of rotatable bonds is 3. The average molecular weight is 210 g/mol. The molecule has 15 heavy (non-hydrogen) atoms. The molecule has 2 heterocycles. The van der Waals surface area contributed by atoms with Crippen LogP contribution in [0.15, 0.2) is 10.6 Å². The van der Waals surface area contributed by atoms with Crippen molar-refractivity contribution in [3.05, 3.63) is 17.5 Å². The fraction of sp³-hybridized carbons (Fsp3) is 0.727. The lowest BCUT2D eigenvalue weighted by Crippen LogP contribution is -2.23. The van der Waals surface area contributed by atoms with E-state index in [2.05, 4.69) is 10.1 Å². The van der Waals surface area contributed by atoms with E-state index in [-0.39, 0.29) is 6.10 Å². The predicted molar refractivity (Wildman–Crippen MR) is 56.3 cm³/mol. The molecule has 84 valence electrons. The van der Waals surface area contributed by atoms with E-state index in [4.69, 9.17) is 4.52 Å². The fourth-order valence-corrected chi connectivity index (χ4v) is 2.11. The third-order valence-corrected chi connectivity index (χ3v) is 3.05. The Morgan fingerprint density at radius 3 is 3.07 bits per heavy atom. The minimum atomic E-state index is -0.202. The SMILES string of the molecule is Cc1cc(CN2CCC(C(C)O)C2)on1. The topological polar surface area (TPSA) is 49.5 Å². The van der Waals surface area contributed by atoms with E-state index in [1.165, 1.54) is 0 Å². The third kappa shape index (κ3) is 2.58. The van der Waals surface area contributed by atoms with Gasteiger partial charge in [0.15, 0.2) is 5.76 Å². The first-order valence-corrected chi connectivity index (χ1v) is 5.48. The van der Waals surface area contributed by atoms with Crippen molar-refractivity contribution in [2.75, 3.05) is 13.1 Å². The minimum absolute atomic E-state index is 0.202. The molecule has 0 spiro atoms. The van der Waals surface area contributed by atoms with E-state index in [1.54, 1.807) is 0 Å². The number of aromatic nitrogens is 1. The van der Waals surface area contributed by atoms with Crippen molar-refractivity contribution in [1.82, 2.24) is 10.1 Å². The molecular formula is C11H18N2O2. The summed E-state index contributed by atoms with van der Waals surface area (Å²) >= 11 is 0. The first kappa shape index (κ1) is 10.6. The highest BCUT2D eigenvalue weighted by Gasteiger charge is 2.26. The molecule has 1 aromatic rings. The van der Waals surface area contributed by atoms with Crippen molar-refractivity contribution >= 4 is 0 Å². The Morgan fingerprint density at radius 2 is 2.53 bits per heavy atom. The van der Waals surface area contributed by atoms with Crippen LogP contribution in [0.4, 0.5) is 0 Å². The number of hydrogen-bond donors (Lipinski definition) is 1. The van der Waals surface area contributed by atoms with Crippen molar-refractivity contribution in [2.24, 2.45) is 5.92 Å². The van der Waals surface area contributed by atoms with Gasteiger partial charge in [-0.15, -0.1) is 0 Å². The number of aryl methyl sites for hydroxylation is 1. The molecule has 0 amide bonds. The van der Waals surface area contributed by atoms with Crippen LogP contribution in [-0.4, -0.2) is 34.4 Å². The summed E-state index contributed by atoms with van der Waals surface area (Å²) in [6, 6.07) is 1.97. The van der Waals surface area contributed by atoms with E-state index < -0.39 is 0 Å². The molecule has 4 nitrogen and oxygen atoms in total. The maximum absolute atomic E-state index is 9.48. The Morgan fingerprint density at radius 1 is 1.73 bits per heavy atom. The van der Waals surface area contributed by atoms with Crippen LogP contribution in [0.2, 0.25) is 0 Å². The number of aliphatic hydroxyl groups excluding tert-OH is 1. The summed E-state index contributed by atoms with van der Waals surface area (Å²) in [5, 5.41) is 13.3. The van der Waals surface area contributed by atoms with Crippen LogP contribution in [0.3, 0.4) is 0 Å². The Bertz CT molecular complexity index is 322. The second-order valence-electron chi connectivity index (χ2n) is 4.46. The standard InChI is InChI=1S/C11H18N2O2/c1-8-5-11(15-12-8)7-13-4-3-10(6-13)9(2)14/h5,9-10,14H,3-4,6-7H2,1-2H3. The summed E-state index contributed by atoms with van der Waals surface area (Å²) in [4.78, 5) is 2.30. The van der Waals surface area contributed by atoms with Gasteiger partial charge < -0.3 is 9.63 Å². The summed E-state index contributed by atoms with van der Waals surface area (Å²) in [5.41, 5.74) is 0.927. The Hall–Kier alpha value is -0.870. The molecule has 0 saturated carbocycles. The van der Waals surface area contributed by atoms with Crippen molar-refractivity contribution in [2.45, 2.75) is 32.9 Å². The van der Waals surface area contributed by atoms with E-state index in [9.17, 15) is 5.11 Å². The molecule has 1 fully saturated rings. The van der Waals surface area contributed by atoms with Gasteiger partial charge in [-0.3, -0.25) is 4.90 Å². The van der Waals surface area contributed by atoms with Crippen molar-refractivity contribution in [3.63, 3.8) is 0 Å². The van der Waals surface area contributed by atoms with Crippen molar-refractivity contribution in [3.8, 4) is 0 Å². The number of hydrogen-bond acceptors (Lipinski definition) is 4. The van der Waals surface area contributed by atoms with Crippen LogP contribution in [0.1, 0.15) is 24.8 Å². The van der Waals surface area contributed by atoms with Crippen LogP contribution in [0.5, 0.6) is 0 Å². The van der Waals surface area contributed by atoms with E-state index >= 15 is 0 Å². The first-order valence-electron chi connectivity index (χ1n) is 5.48. The van der Waals surface area contributed by atoms with Gasteiger partial charge in [-0.1, -0.05) is 5.16 Å². The van der Waals surface area contributed by atoms with Gasteiger partial charge >= 0.3 is 0 Å². The lowest BCUT2D eigenvalue weighted by atomic mass is 10.0. The molecule has 0 aliphatic carbocycles. The molecule has 1 saturated heterocycles. The molecule has 2 rings (SSSR count). The normalized spacial score (nSPS) is 24.6. The molecule has 0 aromatic carbocycles. The number of aliphatic hydroxyl groups is 1. The van der Waals surface area contributed by atoms with Crippen LogP contribution in [0.25, 0.3) is 0 Å². The maximum Gasteiger partial charge on any atom is 0.150 e. The van der Waals surface area contributed by atoms with Crippen LogP contribution in [-0.2, 0) is 6.54 Å². The quantitative estimate of drug-likeness (QED) is 0.814. The number of likely N-dealkylation sites (tertiary alicyclic amines) is 1. The zero-order chi connectivity index (χ0) is 10.8. The van der Waals surface area contributed by atoms with Gasteiger partial charge in [0, 0.05) is 12.6 Å². The molecule has 2 atom stereocenters. The van der Waals surface area contributed by atoms with Gasteiger partial charge in [0.25, 0.3) is 0 Å². The molecule has 1 aliphatic rings. The minimum Gasteiger partial charge on any atom is -0.393 e. The summed E-state index contributed by atoms with van der Waals surface area (Å²) in [7, 11) is 0. The van der Waals surface area contributed by atoms with Gasteiger partial charge in [0.05, 0.1) is 18.3 Å². The van der Waals surface area contributed by atoms with Crippen LogP contribution in [0, 0.1) is 12.8 Å². The molecule has 0 radical (unpaired) electrons. The summed E-state index contributed by atoms with van der Waals surface area (Å²) in [6.07, 6.45) is 0.872. The third-order valence-electron chi connectivity index (χ3n) is 3.05. The summed E-state index contributed by atoms with van der Waals surface area (Å²) < 4.78 is 5.17. The molecule has 1 aliphatic heterocycles. The van der Waals surface area contributed by atoms with Crippen LogP contribution < -0.4 is 0 Å². The lowest BCUT2D eigenvalue weighted by Gasteiger charge is -2.15. The largest absolute Gasteiger partial charge is 0.393 e.